The molecule has 3 nitrogen and oxygen atoms in total. The Morgan fingerprint density at radius 2 is 2.12 bits per heavy atom. The predicted molar refractivity (Wildman–Crippen MR) is 70.5 cm³/mol. The van der Waals surface area contributed by atoms with Crippen LogP contribution < -0.4 is 10.6 Å². The maximum atomic E-state index is 11.5. The summed E-state index contributed by atoms with van der Waals surface area (Å²) in [6.45, 7) is 3.67. The molecule has 3 heteroatoms. The first kappa shape index (κ1) is 12.1. The number of hydrogen-bond donors (Lipinski definition) is 1. The van der Waals surface area contributed by atoms with Crippen LogP contribution in [0.15, 0.2) is 24.3 Å². The van der Waals surface area contributed by atoms with Gasteiger partial charge in [-0.25, -0.2) is 0 Å². The van der Waals surface area contributed by atoms with Gasteiger partial charge in [-0.05, 0) is 37.1 Å². The molecule has 0 radical (unpaired) electrons. The molecule has 1 fully saturated rings. The molecule has 1 saturated heterocycles. The first-order valence-electron chi connectivity index (χ1n) is 6.36. The summed E-state index contributed by atoms with van der Waals surface area (Å²) in [5, 5.41) is 0. The van der Waals surface area contributed by atoms with Gasteiger partial charge in [0.15, 0.2) is 5.78 Å². The van der Waals surface area contributed by atoms with Crippen molar-refractivity contribution in [3.8, 4) is 0 Å². The van der Waals surface area contributed by atoms with Crippen LogP contribution in [0, 0.1) is 0 Å². The van der Waals surface area contributed by atoms with Crippen molar-refractivity contribution in [2.75, 3.05) is 18.0 Å². The molecule has 0 spiro atoms. The molecule has 1 heterocycles. The molecule has 1 atom stereocenters. The average molecular weight is 232 g/mol. The second kappa shape index (κ2) is 5.32. The molecule has 0 aromatic heterocycles. The topological polar surface area (TPSA) is 46.3 Å². The van der Waals surface area contributed by atoms with Crippen molar-refractivity contribution in [1.82, 2.24) is 0 Å². The molecule has 1 aromatic rings. The van der Waals surface area contributed by atoms with E-state index in [1.807, 2.05) is 31.2 Å². The lowest BCUT2D eigenvalue weighted by molar-refractivity contribution is 0.0988. The maximum absolute atomic E-state index is 11.5. The lowest BCUT2D eigenvalue weighted by atomic mass is 10.1. The Morgan fingerprint density at radius 1 is 1.41 bits per heavy atom. The van der Waals surface area contributed by atoms with Gasteiger partial charge in [-0.15, -0.1) is 0 Å². The summed E-state index contributed by atoms with van der Waals surface area (Å²) in [4.78, 5) is 13.9. The van der Waals surface area contributed by atoms with Gasteiger partial charge in [-0.2, -0.15) is 0 Å². The normalized spacial score (nSPS) is 19.6. The fourth-order valence-electron chi connectivity index (χ4n) is 2.46. The minimum absolute atomic E-state index is 0.202. The average Bonchev–Trinajstić information content (AvgIpc) is 2.86. The SMILES string of the molecule is CCC(=O)c1ccc(N2CCC[C@@H]2CN)cc1. The molecule has 0 amide bonds. The monoisotopic (exact) mass is 232 g/mol. The molecule has 1 aliphatic heterocycles. The van der Waals surface area contributed by atoms with Gasteiger partial charge in [0.25, 0.3) is 0 Å². The van der Waals surface area contributed by atoms with Crippen molar-refractivity contribution in [3.63, 3.8) is 0 Å². The number of ketones is 1. The molecule has 2 N–H and O–H groups in total. The zero-order valence-corrected chi connectivity index (χ0v) is 10.4. The maximum Gasteiger partial charge on any atom is 0.162 e. The number of benzene rings is 1. The summed E-state index contributed by atoms with van der Waals surface area (Å²) in [5.41, 5.74) is 7.76. The van der Waals surface area contributed by atoms with Gasteiger partial charge in [0, 0.05) is 36.8 Å². The van der Waals surface area contributed by atoms with Crippen molar-refractivity contribution in [3.05, 3.63) is 29.8 Å². The number of rotatable bonds is 4. The number of anilines is 1. The zero-order chi connectivity index (χ0) is 12.3. The van der Waals surface area contributed by atoms with Gasteiger partial charge in [0.1, 0.15) is 0 Å². The van der Waals surface area contributed by atoms with E-state index < -0.39 is 0 Å². The Labute approximate surface area is 103 Å². The van der Waals surface area contributed by atoms with E-state index in [0.29, 0.717) is 19.0 Å². The van der Waals surface area contributed by atoms with Crippen molar-refractivity contribution in [1.29, 1.82) is 0 Å². The van der Waals surface area contributed by atoms with E-state index in [0.717, 1.165) is 12.1 Å². The number of nitrogens with zero attached hydrogens (tertiary/aromatic N) is 1. The Hall–Kier alpha value is -1.35. The minimum atomic E-state index is 0.202. The highest BCUT2D eigenvalue weighted by Crippen LogP contribution is 2.25. The second-order valence-electron chi connectivity index (χ2n) is 4.55. The van der Waals surface area contributed by atoms with Gasteiger partial charge in [-0.1, -0.05) is 6.92 Å². The molecule has 0 unspecified atom stereocenters. The van der Waals surface area contributed by atoms with E-state index in [1.54, 1.807) is 0 Å². The third kappa shape index (κ3) is 2.50. The van der Waals surface area contributed by atoms with E-state index in [9.17, 15) is 4.79 Å². The third-order valence-corrected chi connectivity index (χ3v) is 3.49. The molecule has 1 aromatic carbocycles. The van der Waals surface area contributed by atoms with Crippen LogP contribution in [0.1, 0.15) is 36.5 Å². The summed E-state index contributed by atoms with van der Waals surface area (Å²) in [5.74, 6) is 0.202. The lowest BCUT2D eigenvalue weighted by Crippen LogP contribution is -2.35. The lowest BCUT2D eigenvalue weighted by Gasteiger charge is -2.25. The van der Waals surface area contributed by atoms with E-state index in [-0.39, 0.29) is 5.78 Å². The van der Waals surface area contributed by atoms with Crippen molar-refractivity contribution in [2.45, 2.75) is 32.2 Å². The van der Waals surface area contributed by atoms with Crippen LogP contribution in [0.5, 0.6) is 0 Å². The van der Waals surface area contributed by atoms with Crippen LogP contribution in [0.3, 0.4) is 0 Å². The van der Waals surface area contributed by atoms with Crippen LogP contribution in [-0.4, -0.2) is 24.9 Å². The highest BCUT2D eigenvalue weighted by molar-refractivity contribution is 5.96. The van der Waals surface area contributed by atoms with E-state index in [2.05, 4.69) is 4.90 Å². The quantitative estimate of drug-likeness (QED) is 0.810. The standard InChI is InChI=1S/C14H20N2O/c1-2-14(17)11-5-7-12(8-6-11)16-9-3-4-13(16)10-15/h5-8,13H,2-4,9-10,15H2,1H3/t13-/m1/s1. The number of carbonyl (C=O) groups excluding carboxylic acids is 1. The molecular formula is C14H20N2O. The smallest absolute Gasteiger partial charge is 0.162 e. The first-order chi connectivity index (χ1) is 8.26. The number of hydrogen-bond acceptors (Lipinski definition) is 3. The third-order valence-electron chi connectivity index (χ3n) is 3.49. The van der Waals surface area contributed by atoms with Gasteiger partial charge < -0.3 is 10.6 Å². The van der Waals surface area contributed by atoms with Crippen LogP contribution >= 0.6 is 0 Å². The Kier molecular flexibility index (Phi) is 3.79. The van der Waals surface area contributed by atoms with Crippen LogP contribution in [0.2, 0.25) is 0 Å². The zero-order valence-electron chi connectivity index (χ0n) is 10.4. The highest BCUT2D eigenvalue weighted by atomic mass is 16.1. The fraction of sp³-hybridized carbons (Fsp3) is 0.500. The molecule has 0 saturated carbocycles. The predicted octanol–water partition coefficient (Wildman–Crippen LogP) is 2.21. The molecule has 17 heavy (non-hydrogen) atoms. The largest absolute Gasteiger partial charge is 0.367 e. The van der Waals surface area contributed by atoms with Gasteiger partial charge in [0.2, 0.25) is 0 Å². The van der Waals surface area contributed by atoms with Crippen LogP contribution in [-0.2, 0) is 0 Å². The summed E-state index contributed by atoms with van der Waals surface area (Å²) in [6, 6.07) is 8.39. The fourth-order valence-corrected chi connectivity index (χ4v) is 2.46. The van der Waals surface area contributed by atoms with E-state index >= 15 is 0 Å². The number of carbonyl (C=O) groups is 1. The Bertz CT molecular complexity index is 386. The summed E-state index contributed by atoms with van der Waals surface area (Å²) < 4.78 is 0. The van der Waals surface area contributed by atoms with Crippen LogP contribution in [0.4, 0.5) is 5.69 Å². The van der Waals surface area contributed by atoms with Gasteiger partial charge >= 0.3 is 0 Å². The van der Waals surface area contributed by atoms with Crippen molar-refractivity contribution < 1.29 is 4.79 Å². The number of Topliss-reactive ketones (excluding diaryl/α,β-unsaturated/α-hetero) is 1. The van der Waals surface area contributed by atoms with Gasteiger partial charge in [0.05, 0.1) is 0 Å². The summed E-state index contributed by atoms with van der Waals surface area (Å²) >= 11 is 0. The molecule has 1 aliphatic rings. The first-order valence-corrected chi connectivity index (χ1v) is 6.36. The molecule has 92 valence electrons. The van der Waals surface area contributed by atoms with Gasteiger partial charge in [-0.3, -0.25) is 4.79 Å². The number of nitrogens with two attached hydrogens (primary N) is 1. The second-order valence-corrected chi connectivity index (χ2v) is 4.55. The molecule has 2 rings (SSSR count). The highest BCUT2D eigenvalue weighted by Gasteiger charge is 2.23. The summed E-state index contributed by atoms with van der Waals surface area (Å²) in [7, 11) is 0. The van der Waals surface area contributed by atoms with Crippen molar-refractivity contribution >= 4 is 11.5 Å². The molecular weight excluding hydrogens is 212 g/mol. The summed E-state index contributed by atoms with van der Waals surface area (Å²) in [6.07, 6.45) is 2.94. The van der Waals surface area contributed by atoms with Crippen LogP contribution in [0.25, 0.3) is 0 Å². The molecule has 0 bridgehead atoms. The Morgan fingerprint density at radius 3 is 2.71 bits per heavy atom. The van der Waals surface area contributed by atoms with Crippen molar-refractivity contribution in [2.24, 2.45) is 5.73 Å². The minimum Gasteiger partial charge on any atom is -0.367 e. The van der Waals surface area contributed by atoms with E-state index in [1.165, 1.54) is 18.5 Å². The van der Waals surface area contributed by atoms with E-state index in [4.69, 9.17) is 5.73 Å². The molecule has 0 aliphatic carbocycles. The Balaban J connectivity index is 2.15.